The van der Waals surface area contributed by atoms with Crippen molar-refractivity contribution < 1.29 is 15.7 Å². The van der Waals surface area contributed by atoms with Gasteiger partial charge in [-0.05, 0) is 31.5 Å². The lowest BCUT2D eigenvalue weighted by Gasteiger charge is -2.35. The van der Waals surface area contributed by atoms with Crippen LogP contribution in [-0.4, -0.2) is 56.4 Å². The third-order valence-electron chi connectivity index (χ3n) is 6.01. The third-order valence-corrected chi connectivity index (χ3v) is 6.01. The first kappa shape index (κ1) is 21.8. The fourth-order valence-corrected chi connectivity index (χ4v) is 4.08. The zero-order valence-electron chi connectivity index (χ0n) is 18.3. The van der Waals surface area contributed by atoms with Gasteiger partial charge in [0.05, 0.1) is 5.69 Å². The minimum atomic E-state index is 0. The summed E-state index contributed by atoms with van der Waals surface area (Å²) in [5, 5.41) is 3.08. The van der Waals surface area contributed by atoms with Crippen LogP contribution in [0.3, 0.4) is 0 Å². The Morgan fingerprint density at radius 2 is 1.86 bits per heavy atom. The van der Waals surface area contributed by atoms with Gasteiger partial charge in [0, 0.05) is 39.6 Å². The molecule has 0 unspecified atom stereocenters. The van der Waals surface area contributed by atoms with Gasteiger partial charge in [0.25, 0.3) is 0 Å². The summed E-state index contributed by atoms with van der Waals surface area (Å²) < 4.78 is 11.0. The second-order valence-electron chi connectivity index (χ2n) is 8.43. The van der Waals surface area contributed by atoms with Crippen LogP contribution in [0.25, 0.3) is 0 Å². The Morgan fingerprint density at radius 3 is 2.52 bits per heavy atom. The number of nitrogens with zero attached hydrogens (tertiary/aromatic N) is 2. The first-order chi connectivity index (χ1) is 14.1. The van der Waals surface area contributed by atoms with Crippen LogP contribution in [-0.2, 0) is 4.79 Å². The molecule has 2 aliphatic heterocycles. The van der Waals surface area contributed by atoms with Gasteiger partial charge in [0.1, 0.15) is 0 Å². The molecule has 1 amide bonds. The summed E-state index contributed by atoms with van der Waals surface area (Å²) in [6.45, 7) is 12.0. The summed E-state index contributed by atoms with van der Waals surface area (Å²) in [6, 6.07) is 6.59. The first-order valence-electron chi connectivity index (χ1n) is 11.2. The molecule has 1 saturated carbocycles. The number of anilines is 1. The SMILES string of the molecule is CC(C)C(=O)NC1CCCCC1.CCN1CCN(c2cccc3c2OCO3)CC1.[HH]. The number of nitrogens with one attached hydrogen (secondary N) is 1. The third kappa shape index (κ3) is 6.01. The summed E-state index contributed by atoms with van der Waals surface area (Å²) in [5.41, 5.74) is 1.18. The highest BCUT2D eigenvalue weighted by atomic mass is 16.7. The average molecular weight is 406 g/mol. The van der Waals surface area contributed by atoms with E-state index < -0.39 is 0 Å². The number of amides is 1. The van der Waals surface area contributed by atoms with Gasteiger partial charge >= 0.3 is 0 Å². The molecule has 2 fully saturated rings. The molecule has 0 aromatic heterocycles. The smallest absolute Gasteiger partial charge is 0.231 e. The molecule has 1 aromatic rings. The second kappa shape index (κ2) is 10.7. The van der Waals surface area contributed by atoms with Crippen molar-refractivity contribution in [3.8, 4) is 11.5 Å². The summed E-state index contributed by atoms with van der Waals surface area (Å²) in [5.74, 6) is 2.13. The number of fused-ring (bicyclic) bond motifs is 1. The van der Waals surface area contributed by atoms with Crippen molar-refractivity contribution in [2.24, 2.45) is 5.92 Å². The lowest BCUT2D eigenvalue weighted by Crippen LogP contribution is -2.46. The van der Waals surface area contributed by atoms with Gasteiger partial charge in [-0.25, -0.2) is 0 Å². The zero-order chi connectivity index (χ0) is 20.6. The maximum Gasteiger partial charge on any atom is 0.231 e. The molecule has 6 heteroatoms. The molecule has 1 N–H and O–H groups in total. The molecule has 0 radical (unpaired) electrons. The normalized spacial score (nSPS) is 19.7. The topological polar surface area (TPSA) is 54.0 Å². The van der Waals surface area contributed by atoms with Gasteiger partial charge in [-0.3, -0.25) is 4.79 Å². The van der Waals surface area contributed by atoms with Crippen molar-refractivity contribution in [1.29, 1.82) is 0 Å². The van der Waals surface area contributed by atoms with E-state index in [9.17, 15) is 4.79 Å². The Hall–Kier alpha value is -1.95. The van der Waals surface area contributed by atoms with Crippen molar-refractivity contribution in [2.45, 2.75) is 58.9 Å². The quantitative estimate of drug-likeness (QED) is 0.823. The number of para-hydroxylation sites is 1. The van der Waals surface area contributed by atoms with Crippen LogP contribution in [0.15, 0.2) is 18.2 Å². The number of rotatable bonds is 4. The van der Waals surface area contributed by atoms with Crippen LogP contribution in [0.4, 0.5) is 5.69 Å². The molecule has 0 bridgehead atoms. The Balaban J connectivity index is 0.000000220. The number of likely N-dealkylation sites (N-methyl/N-ethyl adjacent to an activating group) is 1. The summed E-state index contributed by atoms with van der Waals surface area (Å²) >= 11 is 0. The van der Waals surface area contributed by atoms with Gasteiger partial charge in [0.15, 0.2) is 11.5 Å². The molecular weight excluding hydrogens is 366 g/mol. The Kier molecular flexibility index (Phi) is 8.04. The summed E-state index contributed by atoms with van der Waals surface area (Å²) in [6.07, 6.45) is 6.26. The molecule has 2 heterocycles. The van der Waals surface area contributed by atoms with Crippen molar-refractivity contribution in [3.05, 3.63) is 18.2 Å². The highest BCUT2D eigenvalue weighted by Crippen LogP contribution is 2.41. The lowest BCUT2D eigenvalue weighted by atomic mass is 9.95. The van der Waals surface area contributed by atoms with E-state index in [0.717, 1.165) is 44.2 Å². The number of piperazine rings is 1. The average Bonchev–Trinajstić information content (AvgIpc) is 3.24. The first-order valence-corrected chi connectivity index (χ1v) is 11.2. The van der Waals surface area contributed by atoms with Crippen molar-refractivity contribution >= 4 is 11.6 Å². The molecule has 1 aromatic carbocycles. The van der Waals surface area contributed by atoms with E-state index in [1.807, 2.05) is 26.0 Å². The number of carbonyl (C=O) groups is 1. The second-order valence-corrected chi connectivity index (χ2v) is 8.43. The lowest BCUT2D eigenvalue weighted by molar-refractivity contribution is -0.124. The van der Waals surface area contributed by atoms with Crippen LogP contribution in [0.2, 0.25) is 0 Å². The molecule has 29 heavy (non-hydrogen) atoms. The van der Waals surface area contributed by atoms with Crippen LogP contribution in [0, 0.1) is 5.92 Å². The standard InChI is InChI=1S/C13H18N2O2.C10H19NO.H2/c1-2-14-6-8-15(9-7-14)11-4-3-5-12-13(11)17-10-16-12;1-8(2)10(12)11-9-6-4-3-5-7-9;/h3-5H,2,6-10H2,1H3;8-9H,3-7H2,1-2H3,(H,11,12);1H. The number of ether oxygens (including phenoxy) is 2. The van der Waals surface area contributed by atoms with E-state index in [4.69, 9.17) is 9.47 Å². The molecule has 1 aliphatic carbocycles. The van der Waals surface area contributed by atoms with Crippen molar-refractivity contribution in [2.75, 3.05) is 44.4 Å². The molecule has 1 saturated heterocycles. The van der Waals surface area contributed by atoms with E-state index in [-0.39, 0.29) is 13.3 Å². The predicted molar refractivity (Wildman–Crippen MR) is 119 cm³/mol. The maximum atomic E-state index is 11.3. The monoisotopic (exact) mass is 405 g/mol. The summed E-state index contributed by atoms with van der Waals surface area (Å²) in [7, 11) is 0. The van der Waals surface area contributed by atoms with Crippen LogP contribution < -0.4 is 19.7 Å². The highest BCUT2D eigenvalue weighted by molar-refractivity contribution is 5.78. The number of hydrogen-bond acceptors (Lipinski definition) is 5. The number of benzene rings is 1. The largest absolute Gasteiger partial charge is 0.454 e. The predicted octanol–water partition coefficient (Wildman–Crippen LogP) is 3.89. The van der Waals surface area contributed by atoms with E-state index in [1.54, 1.807) is 0 Å². The molecule has 164 valence electrons. The van der Waals surface area contributed by atoms with Gasteiger partial charge in [-0.1, -0.05) is 46.1 Å². The van der Waals surface area contributed by atoms with Crippen LogP contribution in [0.5, 0.6) is 11.5 Å². The molecule has 0 atom stereocenters. The van der Waals surface area contributed by atoms with E-state index in [2.05, 4.69) is 28.1 Å². The summed E-state index contributed by atoms with van der Waals surface area (Å²) in [4.78, 5) is 16.2. The van der Waals surface area contributed by atoms with Gasteiger partial charge in [-0.15, -0.1) is 0 Å². The Morgan fingerprint density at radius 1 is 1.14 bits per heavy atom. The highest BCUT2D eigenvalue weighted by Gasteiger charge is 2.23. The molecule has 3 aliphatic rings. The number of hydrogen-bond donors (Lipinski definition) is 1. The maximum absolute atomic E-state index is 11.3. The minimum Gasteiger partial charge on any atom is -0.454 e. The Bertz CT molecular complexity index is 657. The number of carbonyl (C=O) groups excluding carboxylic acids is 1. The van der Waals surface area contributed by atoms with E-state index in [1.165, 1.54) is 37.8 Å². The molecule has 0 spiro atoms. The van der Waals surface area contributed by atoms with Crippen LogP contribution in [0.1, 0.15) is 54.3 Å². The molecule has 4 rings (SSSR count). The molecule has 6 nitrogen and oxygen atoms in total. The van der Waals surface area contributed by atoms with Gasteiger partial charge < -0.3 is 24.6 Å². The zero-order valence-corrected chi connectivity index (χ0v) is 18.3. The Labute approximate surface area is 177 Å². The van der Waals surface area contributed by atoms with E-state index in [0.29, 0.717) is 12.8 Å². The van der Waals surface area contributed by atoms with Gasteiger partial charge in [0.2, 0.25) is 12.7 Å². The van der Waals surface area contributed by atoms with E-state index >= 15 is 0 Å². The van der Waals surface area contributed by atoms with Gasteiger partial charge in [-0.2, -0.15) is 0 Å². The van der Waals surface area contributed by atoms with Crippen molar-refractivity contribution in [3.63, 3.8) is 0 Å². The molecular formula is C23H39N3O3. The van der Waals surface area contributed by atoms with Crippen LogP contribution >= 0.6 is 0 Å². The fraction of sp³-hybridized carbons (Fsp3) is 0.696. The van der Waals surface area contributed by atoms with Crippen molar-refractivity contribution in [1.82, 2.24) is 10.2 Å². The fourth-order valence-electron chi connectivity index (χ4n) is 4.08. The minimum absolute atomic E-state index is 0.